The third-order valence-electron chi connectivity index (χ3n) is 4.59. The quantitative estimate of drug-likeness (QED) is 0.825. The molecule has 0 spiro atoms. The fraction of sp³-hybridized carbons (Fsp3) is 0.647. The fourth-order valence-corrected chi connectivity index (χ4v) is 3.37. The van der Waals surface area contributed by atoms with Crippen molar-refractivity contribution < 1.29 is 0 Å². The van der Waals surface area contributed by atoms with Crippen LogP contribution < -0.4 is 5.32 Å². The van der Waals surface area contributed by atoms with E-state index in [1.807, 2.05) is 0 Å². The van der Waals surface area contributed by atoms with Gasteiger partial charge >= 0.3 is 0 Å². The first-order chi connectivity index (χ1) is 8.58. The molecule has 1 heteroatoms. The van der Waals surface area contributed by atoms with Crippen molar-refractivity contribution >= 4 is 0 Å². The van der Waals surface area contributed by atoms with E-state index in [1.54, 1.807) is 5.56 Å². The molecule has 0 aliphatic heterocycles. The summed E-state index contributed by atoms with van der Waals surface area (Å²) in [5.74, 6) is 0.755. The van der Waals surface area contributed by atoms with E-state index >= 15 is 0 Å². The second kappa shape index (κ2) is 5.44. The van der Waals surface area contributed by atoms with Crippen LogP contribution in [0, 0.1) is 12.8 Å². The second-order valence-electron chi connectivity index (χ2n) is 6.35. The lowest BCUT2D eigenvalue weighted by Gasteiger charge is -2.49. The lowest BCUT2D eigenvalue weighted by atomic mass is 9.59. The summed E-state index contributed by atoms with van der Waals surface area (Å²) in [7, 11) is 2.13. The summed E-state index contributed by atoms with van der Waals surface area (Å²) in [4.78, 5) is 0. The number of hydrogen-bond donors (Lipinski definition) is 1. The molecule has 18 heavy (non-hydrogen) atoms. The molecule has 1 aliphatic carbocycles. The molecule has 0 saturated heterocycles. The first-order valence-electron chi connectivity index (χ1n) is 7.33. The second-order valence-corrected chi connectivity index (χ2v) is 6.35. The van der Waals surface area contributed by atoms with Crippen LogP contribution in [0.1, 0.15) is 50.7 Å². The number of rotatable bonds is 5. The number of benzene rings is 1. The lowest BCUT2D eigenvalue weighted by molar-refractivity contribution is 0.157. The third kappa shape index (κ3) is 2.47. The predicted octanol–water partition coefficient (Wildman–Crippen LogP) is 4.05. The molecule has 1 aromatic rings. The minimum atomic E-state index is 0.396. The lowest BCUT2D eigenvalue weighted by Crippen LogP contribution is -2.52. The maximum absolute atomic E-state index is 3.59. The van der Waals surface area contributed by atoms with Crippen molar-refractivity contribution in [1.82, 2.24) is 5.32 Å². The van der Waals surface area contributed by atoms with Crippen LogP contribution in [-0.4, -0.2) is 13.1 Å². The van der Waals surface area contributed by atoms with Gasteiger partial charge in [0.2, 0.25) is 0 Å². The van der Waals surface area contributed by atoms with Crippen LogP contribution in [0.2, 0.25) is 0 Å². The van der Waals surface area contributed by atoms with Crippen molar-refractivity contribution in [3.63, 3.8) is 0 Å². The molecule has 0 bridgehead atoms. The molecule has 0 amide bonds. The molecule has 0 radical (unpaired) electrons. The molecule has 0 heterocycles. The Hall–Kier alpha value is -0.820. The molecule has 1 nitrogen and oxygen atoms in total. The van der Waals surface area contributed by atoms with Crippen molar-refractivity contribution in [1.29, 1.82) is 0 Å². The smallest absolute Gasteiger partial charge is 0.0163 e. The van der Waals surface area contributed by atoms with E-state index in [-0.39, 0.29) is 0 Å². The molecule has 1 fully saturated rings. The topological polar surface area (TPSA) is 12.0 Å². The highest BCUT2D eigenvalue weighted by Crippen LogP contribution is 2.47. The summed E-state index contributed by atoms with van der Waals surface area (Å²) in [6.45, 7) is 6.82. The number of aryl methyl sites for hydroxylation is 1. The van der Waals surface area contributed by atoms with Crippen LogP contribution in [0.3, 0.4) is 0 Å². The number of likely N-dealkylation sites (N-methyl/N-ethyl adjacent to an activating group) is 1. The van der Waals surface area contributed by atoms with Gasteiger partial charge in [0.1, 0.15) is 0 Å². The molecule has 0 aromatic heterocycles. The third-order valence-corrected chi connectivity index (χ3v) is 4.59. The normalized spacial score (nSPS) is 19.6. The van der Waals surface area contributed by atoms with Gasteiger partial charge in [0.05, 0.1) is 0 Å². The summed E-state index contributed by atoms with van der Waals surface area (Å²) in [6, 6.07) is 9.83. The van der Waals surface area contributed by atoms with Gasteiger partial charge in [-0.1, -0.05) is 50.1 Å². The van der Waals surface area contributed by atoms with Crippen molar-refractivity contribution in [2.45, 2.75) is 57.9 Å². The van der Waals surface area contributed by atoms with Gasteiger partial charge in [0.25, 0.3) is 0 Å². The van der Waals surface area contributed by atoms with E-state index in [0.717, 1.165) is 5.92 Å². The molecule has 2 rings (SSSR count). The maximum atomic E-state index is 3.59. The van der Waals surface area contributed by atoms with Gasteiger partial charge in [-0.3, -0.25) is 0 Å². The maximum Gasteiger partial charge on any atom is 0.0163 e. The Labute approximate surface area is 112 Å². The molecule has 1 aromatic carbocycles. The Balaban J connectivity index is 2.26. The molecular weight excluding hydrogens is 218 g/mol. The molecular formula is C17H27N. The van der Waals surface area contributed by atoms with Gasteiger partial charge in [-0.25, -0.2) is 0 Å². The average Bonchev–Trinajstić information content (AvgIpc) is 2.28. The fourth-order valence-electron chi connectivity index (χ4n) is 3.37. The molecule has 1 atom stereocenters. The van der Waals surface area contributed by atoms with Gasteiger partial charge < -0.3 is 5.32 Å². The zero-order chi connectivity index (χ0) is 13.2. The van der Waals surface area contributed by atoms with Crippen molar-refractivity contribution in [2.24, 2.45) is 5.92 Å². The summed E-state index contributed by atoms with van der Waals surface area (Å²) in [5.41, 5.74) is 3.30. The standard InChI is InChI=1S/C17H27N/c1-13(2)12-16(18-4)17(10-5-11-17)15-8-6-14(3)7-9-15/h6-9,13,16,18H,5,10-12H2,1-4H3. The number of hydrogen-bond acceptors (Lipinski definition) is 1. The minimum Gasteiger partial charge on any atom is -0.316 e. The van der Waals surface area contributed by atoms with Crippen molar-refractivity contribution in [3.05, 3.63) is 35.4 Å². The highest BCUT2D eigenvalue weighted by molar-refractivity contribution is 5.33. The Morgan fingerprint density at radius 3 is 2.17 bits per heavy atom. The molecule has 1 unspecified atom stereocenters. The highest BCUT2D eigenvalue weighted by Gasteiger charge is 2.44. The van der Waals surface area contributed by atoms with Gasteiger partial charge in [-0.2, -0.15) is 0 Å². The molecule has 1 N–H and O–H groups in total. The van der Waals surface area contributed by atoms with Crippen LogP contribution in [0.4, 0.5) is 0 Å². The van der Waals surface area contributed by atoms with Gasteiger partial charge in [0.15, 0.2) is 0 Å². The van der Waals surface area contributed by atoms with Crippen LogP contribution in [-0.2, 0) is 5.41 Å². The predicted molar refractivity (Wildman–Crippen MR) is 79.0 cm³/mol. The van der Waals surface area contributed by atoms with Crippen molar-refractivity contribution in [2.75, 3.05) is 7.05 Å². The Morgan fingerprint density at radius 1 is 1.17 bits per heavy atom. The Kier molecular flexibility index (Phi) is 4.11. The Morgan fingerprint density at radius 2 is 1.78 bits per heavy atom. The zero-order valence-electron chi connectivity index (χ0n) is 12.3. The van der Waals surface area contributed by atoms with E-state index in [1.165, 1.54) is 31.2 Å². The number of nitrogens with one attached hydrogen (secondary N) is 1. The summed E-state index contributed by atoms with van der Waals surface area (Å²) in [5, 5.41) is 3.59. The van der Waals surface area contributed by atoms with Crippen LogP contribution >= 0.6 is 0 Å². The minimum absolute atomic E-state index is 0.396. The van der Waals surface area contributed by atoms with Crippen LogP contribution in [0.15, 0.2) is 24.3 Å². The van der Waals surface area contributed by atoms with Crippen molar-refractivity contribution in [3.8, 4) is 0 Å². The van der Waals surface area contributed by atoms with E-state index in [4.69, 9.17) is 0 Å². The zero-order valence-corrected chi connectivity index (χ0v) is 12.3. The van der Waals surface area contributed by atoms with Gasteiger partial charge in [0, 0.05) is 11.5 Å². The first kappa shape index (κ1) is 13.6. The first-order valence-corrected chi connectivity index (χ1v) is 7.33. The van der Waals surface area contributed by atoms with Gasteiger partial charge in [-0.05, 0) is 44.7 Å². The monoisotopic (exact) mass is 245 g/mol. The van der Waals surface area contributed by atoms with Crippen LogP contribution in [0.5, 0.6) is 0 Å². The molecule has 1 saturated carbocycles. The largest absolute Gasteiger partial charge is 0.316 e. The highest BCUT2D eigenvalue weighted by atomic mass is 14.9. The average molecular weight is 245 g/mol. The Bertz CT molecular complexity index is 373. The van der Waals surface area contributed by atoms with E-state index < -0.39 is 0 Å². The SMILES string of the molecule is CNC(CC(C)C)C1(c2ccc(C)cc2)CCC1. The van der Waals surface area contributed by atoms with E-state index in [0.29, 0.717) is 11.5 Å². The molecule has 1 aliphatic rings. The molecule has 100 valence electrons. The van der Waals surface area contributed by atoms with E-state index in [2.05, 4.69) is 57.4 Å². The van der Waals surface area contributed by atoms with Gasteiger partial charge in [-0.15, -0.1) is 0 Å². The van der Waals surface area contributed by atoms with E-state index in [9.17, 15) is 0 Å². The summed E-state index contributed by atoms with van der Waals surface area (Å²) in [6.07, 6.45) is 5.33. The summed E-state index contributed by atoms with van der Waals surface area (Å²) >= 11 is 0. The van der Waals surface area contributed by atoms with Crippen LogP contribution in [0.25, 0.3) is 0 Å². The summed E-state index contributed by atoms with van der Waals surface area (Å²) < 4.78 is 0.